The molecule has 0 spiro atoms. The second-order valence-electron chi connectivity index (χ2n) is 5.99. The number of β-amino-alcohol motifs (C(OH)–C–C–N with tert-alkyl or cyclic N) is 1. The molecule has 1 fully saturated rings. The number of aliphatic hydroxyl groups excluding tert-OH is 1. The van der Waals surface area contributed by atoms with Gasteiger partial charge < -0.3 is 10.4 Å². The maximum absolute atomic E-state index is 12.1. The SMILES string of the molecule is Cc1cc(C)cc(NC(=O)CN2CCC(C)C(O)C2)c1. The Morgan fingerprint density at radius 1 is 1.35 bits per heavy atom. The third-order valence-corrected chi connectivity index (χ3v) is 3.88. The van der Waals surface area contributed by atoms with Crippen LogP contribution < -0.4 is 5.32 Å². The Kier molecular flexibility index (Phi) is 4.78. The topological polar surface area (TPSA) is 52.6 Å². The summed E-state index contributed by atoms with van der Waals surface area (Å²) in [6.45, 7) is 7.89. The number of likely N-dealkylation sites (tertiary alicyclic amines) is 1. The monoisotopic (exact) mass is 276 g/mol. The molecule has 4 nitrogen and oxygen atoms in total. The van der Waals surface area contributed by atoms with Gasteiger partial charge in [0.1, 0.15) is 0 Å². The Hall–Kier alpha value is -1.39. The zero-order chi connectivity index (χ0) is 14.7. The van der Waals surface area contributed by atoms with Gasteiger partial charge in [-0.1, -0.05) is 13.0 Å². The van der Waals surface area contributed by atoms with Crippen LogP contribution in [0.2, 0.25) is 0 Å². The van der Waals surface area contributed by atoms with E-state index in [0.29, 0.717) is 19.0 Å². The fourth-order valence-corrected chi connectivity index (χ4v) is 2.71. The van der Waals surface area contributed by atoms with Crippen LogP contribution in [0.1, 0.15) is 24.5 Å². The fourth-order valence-electron chi connectivity index (χ4n) is 2.71. The molecule has 2 unspecified atom stereocenters. The summed E-state index contributed by atoms with van der Waals surface area (Å²) in [6.07, 6.45) is 0.621. The number of anilines is 1. The van der Waals surface area contributed by atoms with Gasteiger partial charge in [-0.25, -0.2) is 0 Å². The first-order valence-corrected chi connectivity index (χ1v) is 7.22. The van der Waals surface area contributed by atoms with Crippen molar-refractivity contribution in [3.05, 3.63) is 29.3 Å². The highest BCUT2D eigenvalue weighted by molar-refractivity contribution is 5.92. The molecule has 1 amide bonds. The zero-order valence-electron chi connectivity index (χ0n) is 12.5. The molecule has 0 bridgehead atoms. The standard InChI is InChI=1S/C16H24N2O2/c1-11-6-12(2)8-14(7-11)17-16(20)10-18-5-4-13(3)15(19)9-18/h6-8,13,15,19H,4-5,9-10H2,1-3H3,(H,17,20). The molecule has 1 aromatic carbocycles. The quantitative estimate of drug-likeness (QED) is 0.887. The van der Waals surface area contributed by atoms with Gasteiger partial charge in [-0.15, -0.1) is 0 Å². The fraction of sp³-hybridized carbons (Fsp3) is 0.562. The van der Waals surface area contributed by atoms with E-state index in [0.717, 1.165) is 29.8 Å². The number of hydrogen-bond acceptors (Lipinski definition) is 3. The Morgan fingerprint density at radius 2 is 2.00 bits per heavy atom. The Balaban J connectivity index is 1.89. The summed E-state index contributed by atoms with van der Waals surface area (Å²) in [5.41, 5.74) is 3.13. The smallest absolute Gasteiger partial charge is 0.238 e. The lowest BCUT2D eigenvalue weighted by Gasteiger charge is -2.33. The number of hydrogen-bond donors (Lipinski definition) is 2. The first-order valence-electron chi connectivity index (χ1n) is 7.22. The van der Waals surface area contributed by atoms with E-state index in [1.54, 1.807) is 0 Å². The van der Waals surface area contributed by atoms with Crippen LogP contribution in [0.4, 0.5) is 5.69 Å². The summed E-state index contributed by atoms with van der Waals surface area (Å²) < 4.78 is 0. The van der Waals surface area contributed by atoms with Gasteiger partial charge in [-0.3, -0.25) is 9.69 Å². The minimum absolute atomic E-state index is 0.0169. The Bertz CT molecular complexity index is 467. The predicted molar refractivity (Wildman–Crippen MR) is 80.8 cm³/mol. The number of aryl methyl sites for hydroxylation is 2. The second kappa shape index (κ2) is 6.37. The lowest BCUT2D eigenvalue weighted by Crippen LogP contribution is -2.45. The lowest BCUT2D eigenvalue weighted by atomic mass is 9.96. The van der Waals surface area contributed by atoms with Gasteiger partial charge in [0, 0.05) is 12.2 Å². The van der Waals surface area contributed by atoms with Crippen molar-refractivity contribution in [2.75, 3.05) is 25.0 Å². The summed E-state index contributed by atoms with van der Waals surface area (Å²) in [4.78, 5) is 14.1. The number of nitrogens with one attached hydrogen (secondary N) is 1. The summed E-state index contributed by atoms with van der Waals surface area (Å²) >= 11 is 0. The molecule has 0 radical (unpaired) electrons. The van der Waals surface area contributed by atoms with E-state index in [-0.39, 0.29) is 12.0 Å². The van der Waals surface area contributed by atoms with Crippen molar-refractivity contribution in [3.8, 4) is 0 Å². The molecular weight excluding hydrogens is 252 g/mol. The minimum Gasteiger partial charge on any atom is -0.392 e. The van der Waals surface area contributed by atoms with Crippen molar-refractivity contribution in [3.63, 3.8) is 0 Å². The van der Waals surface area contributed by atoms with Crippen molar-refractivity contribution in [2.24, 2.45) is 5.92 Å². The first kappa shape index (κ1) is 15.0. The molecule has 0 saturated carbocycles. The highest BCUT2D eigenvalue weighted by Crippen LogP contribution is 2.17. The molecule has 0 aliphatic carbocycles. The largest absolute Gasteiger partial charge is 0.392 e. The first-order chi connectivity index (χ1) is 9.44. The number of benzene rings is 1. The van der Waals surface area contributed by atoms with Crippen LogP contribution in [0, 0.1) is 19.8 Å². The number of carbonyl (C=O) groups excluding carboxylic acids is 1. The number of amides is 1. The van der Waals surface area contributed by atoms with Crippen molar-refractivity contribution in [1.82, 2.24) is 4.90 Å². The van der Waals surface area contributed by atoms with E-state index < -0.39 is 0 Å². The second-order valence-corrected chi connectivity index (χ2v) is 5.99. The van der Waals surface area contributed by atoms with Crippen LogP contribution >= 0.6 is 0 Å². The van der Waals surface area contributed by atoms with Crippen LogP contribution in [0.15, 0.2) is 18.2 Å². The molecule has 110 valence electrons. The molecular formula is C16H24N2O2. The molecule has 1 heterocycles. The van der Waals surface area contributed by atoms with Gasteiger partial charge in [-0.05, 0) is 56.0 Å². The third kappa shape index (κ3) is 4.05. The highest BCUT2D eigenvalue weighted by Gasteiger charge is 2.25. The van der Waals surface area contributed by atoms with Crippen molar-refractivity contribution in [1.29, 1.82) is 0 Å². The van der Waals surface area contributed by atoms with E-state index in [9.17, 15) is 9.90 Å². The summed E-state index contributed by atoms with van der Waals surface area (Å²) in [5, 5.41) is 12.8. The highest BCUT2D eigenvalue weighted by atomic mass is 16.3. The zero-order valence-corrected chi connectivity index (χ0v) is 12.5. The van der Waals surface area contributed by atoms with Crippen molar-refractivity contribution >= 4 is 11.6 Å². The molecule has 2 atom stereocenters. The van der Waals surface area contributed by atoms with Crippen molar-refractivity contribution < 1.29 is 9.90 Å². The summed E-state index contributed by atoms with van der Waals surface area (Å²) in [5.74, 6) is 0.311. The molecule has 20 heavy (non-hydrogen) atoms. The molecule has 1 aliphatic rings. The Morgan fingerprint density at radius 3 is 2.60 bits per heavy atom. The predicted octanol–water partition coefficient (Wildman–Crippen LogP) is 1.94. The number of carbonyl (C=O) groups is 1. The molecule has 1 aliphatic heterocycles. The lowest BCUT2D eigenvalue weighted by molar-refractivity contribution is -0.118. The van der Waals surface area contributed by atoms with E-state index in [1.165, 1.54) is 0 Å². The molecule has 2 rings (SSSR count). The maximum atomic E-state index is 12.1. The average Bonchev–Trinajstić information content (AvgIpc) is 2.32. The van der Waals surface area contributed by atoms with E-state index in [1.807, 2.05) is 30.9 Å². The number of aliphatic hydroxyl groups is 1. The molecule has 2 N–H and O–H groups in total. The number of rotatable bonds is 3. The maximum Gasteiger partial charge on any atom is 0.238 e. The van der Waals surface area contributed by atoms with Gasteiger partial charge in [0.25, 0.3) is 0 Å². The van der Waals surface area contributed by atoms with Crippen LogP contribution in [0.25, 0.3) is 0 Å². The van der Waals surface area contributed by atoms with Crippen LogP contribution in [0.5, 0.6) is 0 Å². The van der Waals surface area contributed by atoms with Gasteiger partial charge >= 0.3 is 0 Å². The van der Waals surface area contributed by atoms with Gasteiger partial charge in [0.15, 0.2) is 0 Å². The van der Waals surface area contributed by atoms with Gasteiger partial charge in [-0.2, -0.15) is 0 Å². The third-order valence-electron chi connectivity index (χ3n) is 3.88. The van der Waals surface area contributed by atoms with Crippen LogP contribution in [-0.2, 0) is 4.79 Å². The Labute approximate surface area is 120 Å². The summed E-state index contributed by atoms with van der Waals surface area (Å²) in [7, 11) is 0. The molecule has 0 aromatic heterocycles. The number of piperidine rings is 1. The molecule has 1 saturated heterocycles. The molecule has 4 heteroatoms. The normalized spacial score (nSPS) is 23.6. The van der Waals surface area contributed by atoms with Gasteiger partial charge in [0.05, 0.1) is 12.6 Å². The average molecular weight is 276 g/mol. The van der Waals surface area contributed by atoms with E-state index in [2.05, 4.69) is 18.3 Å². The van der Waals surface area contributed by atoms with Gasteiger partial charge in [0.2, 0.25) is 5.91 Å². The van der Waals surface area contributed by atoms with Crippen LogP contribution in [0.3, 0.4) is 0 Å². The van der Waals surface area contributed by atoms with Crippen molar-refractivity contribution in [2.45, 2.75) is 33.3 Å². The van der Waals surface area contributed by atoms with E-state index in [4.69, 9.17) is 0 Å². The number of nitrogens with zero attached hydrogens (tertiary/aromatic N) is 1. The van der Waals surface area contributed by atoms with E-state index >= 15 is 0 Å². The summed E-state index contributed by atoms with van der Waals surface area (Å²) in [6, 6.07) is 6.02. The van der Waals surface area contributed by atoms with Crippen LogP contribution in [-0.4, -0.2) is 41.7 Å². The minimum atomic E-state index is -0.322. The molecule has 1 aromatic rings.